The van der Waals surface area contributed by atoms with E-state index in [4.69, 9.17) is 4.74 Å². The quantitative estimate of drug-likeness (QED) is 0.757. The van der Waals surface area contributed by atoms with Crippen LogP contribution in [0.3, 0.4) is 0 Å². The topological polar surface area (TPSA) is 80.3 Å². The number of ether oxygens (including phenoxy) is 1. The third-order valence-corrected chi connectivity index (χ3v) is 4.54. The van der Waals surface area contributed by atoms with E-state index in [0.717, 1.165) is 16.9 Å². The molecular formula is C20H23N3O3. The zero-order valence-corrected chi connectivity index (χ0v) is 14.8. The lowest BCUT2D eigenvalue weighted by Gasteiger charge is -2.09. The number of pyridine rings is 1. The number of aromatic nitrogens is 1. The Labute approximate surface area is 153 Å². The van der Waals surface area contributed by atoms with Crippen LogP contribution in [-0.2, 0) is 22.6 Å². The highest BCUT2D eigenvalue weighted by Gasteiger charge is 2.47. The smallest absolute Gasteiger partial charge is 0.224 e. The van der Waals surface area contributed by atoms with Gasteiger partial charge in [0.25, 0.3) is 0 Å². The zero-order valence-electron chi connectivity index (χ0n) is 14.8. The fourth-order valence-electron chi connectivity index (χ4n) is 2.96. The van der Waals surface area contributed by atoms with Gasteiger partial charge in [0, 0.05) is 25.5 Å². The van der Waals surface area contributed by atoms with E-state index in [1.807, 2.05) is 36.4 Å². The number of hydrogen-bond donors (Lipinski definition) is 2. The molecule has 6 nitrogen and oxygen atoms in total. The van der Waals surface area contributed by atoms with Crippen molar-refractivity contribution < 1.29 is 14.3 Å². The Morgan fingerprint density at radius 2 is 1.88 bits per heavy atom. The lowest BCUT2D eigenvalue weighted by molar-refractivity contribution is -0.127. The average Bonchev–Trinajstić information content (AvgIpc) is 3.48. The van der Waals surface area contributed by atoms with Gasteiger partial charge in [-0.15, -0.1) is 0 Å². The molecular weight excluding hydrogens is 330 g/mol. The third-order valence-electron chi connectivity index (χ3n) is 4.54. The van der Waals surface area contributed by atoms with Gasteiger partial charge >= 0.3 is 0 Å². The van der Waals surface area contributed by atoms with Crippen LogP contribution in [0.2, 0.25) is 0 Å². The molecule has 1 aromatic carbocycles. The molecule has 0 bridgehead atoms. The second kappa shape index (κ2) is 8.47. The van der Waals surface area contributed by atoms with E-state index in [2.05, 4.69) is 15.6 Å². The summed E-state index contributed by atoms with van der Waals surface area (Å²) in [5.74, 6) is 0.250. The van der Waals surface area contributed by atoms with E-state index in [1.54, 1.807) is 19.5 Å². The molecule has 0 saturated heterocycles. The van der Waals surface area contributed by atoms with Gasteiger partial charge in [0.05, 0.1) is 18.9 Å². The van der Waals surface area contributed by atoms with Crippen molar-refractivity contribution in [2.24, 2.45) is 11.8 Å². The number of para-hydroxylation sites is 1. The number of benzene rings is 1. The van der Waals surface area contributed by atoms with Crippen LogP contribution in [-0.4, -0.2) is 30.5 Å². The summed E-state index contributed by atoms with van der Waals surface area (Å²) in [4.78, 5) is 28.4. The minimum absolute atomic E-state index is 0.0542. The van der Waals surface area contributed by atoms with E-state index in [0.29, 0.717) is 25.9 Å². The number of amides is 2. The molecule has 26 heavy (non-hydrogen) atoms. The molecule has 1 heterocycles. The largest absolute Gasteiger partial charge is 0.496 e. The molecule has 2 unspecified atom stereocenters. The number of nitrogens with zero attached hydrogens (tertiary/aromatic N) is 1. The molecule has 2 N–H and O–H groups in total. The van der Waals surface area contributed by atoms with Crippen molar-refractivity contribution in [2.45, 2.75) is 19.4 Å². The van der Waals surface area contributed by atoms with E-state index < -0.39 is 0 Å². The van der Waals surface area contributed by atoms with Gasteiger partial charge in [0.2, 0.25) is 11.8 Å². The van der Waals surface area contributed by atoms with Crippen LogP contribution in [0.5, 0.6) is 5.75 Å². The summed E-state index contributed by atoms with van der Waals surface area (Å²) in [6, 6.07) is 11.5. The van der Waals surface area contributed by atoms with Gasteiger partial charge < -0.3 is 15.4 Å². The maximum Gasteiger partial charge on any atom is 0.224 e. The standard InChI is InChI=1S/C20H23N3O3/c1-26-18-7-3-2-6-15(18)8-10-22-19(24)16-11-17(16)20(25)23-13-14-5-4-9-21-12-14/h2-7,9,12,16-17H,8,10-11,13H2,1H3,(H,22,24)(H,23,25). The highest BCUT2D eigenvalue weighted by atomic mass is 16.5. The summed E-state index contributed by atoms with van der Waals surface area (Å²) in [6.45, 7) is 0.963. The number of nitrogens with one attached hydrogen (secondary N) is 2. The van der Waals surface area contributed by atoms with Crippen molar-refractivity contribution in [1.82, 2.24) is 15.6 Å². The lowest BCUT2D eigenvalue weighted by atomic mass is 10.1. The molecule has 2 atom stereocenters. The Morgan fingerprint density at radius 1 is 1.12 bits per heavy atom. The predicted molar refractivity (Wildman–Crippen MR) is 97.4 cm³/mol. The molecule has 1 saturated carbocycles. The second-order valence-corrected chi connectivity index (χ2v) is 6.38. The molecule has 1 aliphatic rings. The average molecular weight is 353 g/mol. The molecule has 1 fully saturated rings. The zero-order chi connectivity index (χ0) is 18.4. The summed E-state index contributed by atoms with van der Waals surface area (Å²) in [6.07, 6.45) is 4.71. The van der Waals surface area contributed by atoms with Crippen LogP contribution >= 0.6 is 0 Å². The monoisotopic (exact) mass is 353 g/mol. The molecule has 2 amide bonds. The van der Waals surface area contributed by atoms with E-state index >= 15 is 0 Å². The number of carbonyl (C=O) groups excluding carboxylic acids is 2. The summed E-state index contributed by atoms with van der Waals surface area (Å²) >= 11 is 0. The van der Waals surface area contributed by atoms with Gasteiger partial charge in [-0.25, -0.2) is 0 Å². The number of rotatable bonds is 8. The Morgan fingerprint density at radius 3 is 2.62 bits per heavy atom. The van der Waals surface area contributed by atoms with Crippen LogP contribution < -0.4 is 15.4 Å². The molecule has 1 aliphatic carbocycles. The first-order valence-corrected chi connectivity index (χ1v) is 8.75. The van der Waals surface area contributed by atoms with Gasteiger partial charge in [0.15, 0.2) is 0 Å². The first kappa shape index (κ1) is 17.9. The van der Waals surface area contributed by atoms with Gasteiger partial charge in [-0.1, -0.05) is 24.3 Å². The summed E-state index contributed by atoms with van der Waals surface area (Å²) in [7, 11) is 1.64. The summed E-state index contributed by atoms with van der Waals surface area (Å²) < 4.78 is 5.30. The minimum Gasteiger partial charge on any atom is -0.496 e. The van der Waals surface area contributed by atoms with Crippen molar-refractivity contribution in [1.29, 1.82) is 0 Å². The van der Waals surface area contributed by atoms with Crippen LogP contribution in [0, 0.1) is 11.8 Å². The molecule has 2 aromatic rings. The second-order valence-electron chi connectivity index (χ2n) is 6.38. The molecule has 0 spiro atoms. The first-order valence-electron chi connectivity index (χ1n) is 8.75. The van der Waals surface area contributed by atoms with Crippen LogP contribution in [0.15, 0.2) is 48.8 Å². The van der Waals surface area contributed by atoms with Crippen molar-refractivity contribution in [3.05, 3.63) is 59.9 Å². The normalized spacial score (nSPS) is 18.0. The molecule has 136 valence electrons. The van der Waals surface area contributed by atoms with Gasteiger partial charge in [-0.05, 0) is 36.1 Å². The third kappa shape index (κ3) is 4.59. The highest BCUT2D eigenvalue weighted by Crippen LogP contribution is 2.38. The van der Waals surface area contributed by atoms with Crippen LogP contribution in [0.4, 0.5) is 0 Å². The van der Waals surface area contributed by atoms with Gasteiger partial charge in [-0.3, -0.25) is 14.6 Å². The van der Waals surface area contributed by atoms with E-state index in [-0.39, 0.29) is 23.7 Å². The Hall–Kier alpha value is -2.89. The minimum atomic E-state index is -0.224. The SMILES string of the molecule is COc1ccccc1CCNC(=O)C1CC1C(=O)NCc1cccnc1. The summed E-state index contributed by atoms with van der Waals surface area (Å²) in [5.41, 5.74) is 2.00. The number of methoxy groups -OCH3 is 1. The Bertz CT molecular complexity index is 764. The van der Waals surface area contributed by atoms with Gasteiger partial charge in [0.1, 0.15) is 5.75 Å². The van der Waals surface area contributed by atoms with Crippen LogP contribution in [0.25, 0.3) is 0 Å². The fraction of sp³-hybridized carbons (Fsp3) is 0.350. The number of hydrogen-bond acceptors (Lipinski definition) is 4. The number of carbonyl (C=O) groups is 2. The Balaban J connectivity index is 1.39. The highest BCUT2D eigenvalue weighted by molar-refractivity contribution is 5.92. The molecule has 0 radical (unpaired) electrons. The lowest BCUT2D eigenvalue weighted by Crippen LogP contribution is -2.31. The van der Waals surface area contributed by atoms with E-state index in [9.17, 15) is 9.59 Å². The molecule has 1 aromatic heterocycles. The fourth-order valence-corrected chi connectivity index (χ4v) is 2.96. The Kier molecular flexibility index (Phi) is 5.84. The van der Waals surface area contributed by atoms with Crippen molar-refractivity contribution >= 4 is 11.8 Å². The predicted octanol–water partition coefficient (Wildman–Crippen LogP) is 1.70. The van der Waals surface area contributed by atoms with Gasteiger partial charge in [-0.2, -0.15) is 0 Å². The van der Waals surface area contributed by atoms with E-state index in [1.165, 1.54) is 0 Å². The maximum absolute atomic E-state index is 12.2. The van der Waals surface area contributed by atoms with Crippen molar-refractivity contribution in [3.63, 3.8) is 0 Å². The molecule has 0 aliphatic heterocycles. The van der Waals surface area contributed by atoms with Crippen molar-refractivity contribution in [3.8, 4) is 5.75 Å². The summed E-state index contributed by atoms with van der Waals surface area (Å²) in [5, 5.41) is 5.79. The maximum atomic E-state index is 12.2. The van der Waals surface area contributed by atoms with Crippen LogP contribution in [0.1, 0.15) is 17.5 Å². The molecule has 6 heteroatoms. The molecule has 3 rings (SSSR count). The van der Waals surface area contributed by atoms with Crippen molar-refractivity contribution in [2.75, 3.05) is 13.7 Å². The first-order chi connectivity index (χ1) is 12.7.